The van der Waals surface area contributed by atoms with Gasteiger partial charge in [-0.05, 0) is 71.2 Å². The average Bonchev–Trinajstić information content (AvgIpc) is 2.98. The molecule has 1 aliphatic carbocycles. The van der Waals surface area contributed by atoms with E-state index in [1.54, 1.807) is 11.8 Å². The molecular weight excluding hydrogens is 392 g/mol. The number of rotatable bonds is 4. The third-order valence-electron chi connectivity index (χ3n) is 6.93. The van der Waals surface area contributed by atoms with Crippen LogP contribution < -0.4 is 9.64 Å². The number of imide groups is 1. The molecule has 3 atom stereocenters. The van der Waals surface area contributed by atoms with Crippen molar-refractivity contribution in [1.29, 1.82) is 0 Å². The van der Waals surface area contributed by atoms with E-state index in [0.717, 1.165) is 48.3 Å². The lowest BCUT2D eigenvalue weighted by atomic mass is 9.81. The van der Waals surface area contributed by atoms with Crippen molar-refractivity contribution >= 4 is 29.0 Å². The summed E-state index contributed by atoms with van der Waals surface area (Å²) >= 11 is 0. The Morgan fingerprint density at radius 2 is 1.77 bits per heavy atom. The molecule has 4 rings (SSSR count). The van der Waals surface area contributed by atoms with Gasteiger partial charge in [0.05, 0.1) is 29.7 Å². The zero-order valence-electron chi connectivity index (χ0n) is 19.1. The highest BCUT2D eigenvalue weighted by Gasteiger charge is 2.52. The second-order valence-electron chi connectivity index (χ2n) is 9.49. The molecule has 6 nitrogen and oxygen atoms in total. The van der Waals surface area contributed by atoms with E-state index in [2.05, 4.69) is 6.08 Å². The van der Waals surface area contributed by atoms with Gasteiger partial charge in [0.1, 0.15) is 11.8 Å². The molecule has 2 fully saturated rings. The molecule has 31 heavy (non-hydrogen) atoms. The van der Waals surface area contributed by atoms with Gasteiger partial charge in [0.15, 0.2) is 0 Å². The molecule has 1 saturated carbocycles. The van der Waals surface area contributed by atoms with E-state index in [1.807, 2.05) is 45.9 Å². The summed E-state index contributed by atoms with van der Waals surface area (Å²) in [4.78, 5) is 42.9. The average molecular weight is 425 g/mol. The topological polar surface area (TPSA) is 66.9 Å². The molecule has 2 heterocycles. The third kappa shape index (κ3) is 3.46. The first-order chi connectivity index (χ1) is 14.7. The van der Waals surface area contributed by atoms with E-state index in [4.69, 9.17) is 4.74 Å². The highest BCUT2D eigenvalue weighted by molar-refractivity contribution is 6.11. The monoisotopic (exact) mass is 424 g/mol. The molecule has 1 aromatic carbocycles. The molecule has 0 aromatic heterocycles. The van der Waals surface area contributed by atoms with Crippen molar-refractivity contribution in [1.82, 2.24) is 4.90 Å². The highest BCUT2D eigenvalue weighted by atomic mass is 16.5. The number of amides is 3. The van der Waals surface area contributed by atoms with E-state index in [9.17, 15) is 14.4 Å². The summed E-state index contributed by atoms with van der Waals surface area (Å²) in [7, 11) is 0. The number of allylic oxidation sites excluding steroid dienone is 1. The van der Waals surface area contributed by atoms with Crippen LogP contribution in [0, 0.1) is 11.8 Å². The van der Waals surface area contributed by atoms with Gasteiger partial charge >= 0.3 is 0 Å². The van der Waals surface area contributed by atoms with Gasteiger partial charge in [-0.2, -0.15) is 0 Å². The molecule has 0 N–H and O–H groups in total. The quantitative estimate of drug-likeness (QED) is 0.680. The van der Waals surface area contributed by atoms with Crippen LogP contribution in [0.2, 0.25) is 0 Å². The fourth-order valence-corrected chi connectivity index (χ4v) is 5.53. The number of hydrogen-bond acceptors (Lipinski definition) is 4. The molecule has 1 saturated heterocycles. The lowest BCUT2D eigenvalue weighted by molar-refractivity contribution is -0.146. The molecular formula is C25H32N2O4. The van der Waals surface area contributed by atoms with Gasteiger partial charge in [-0.3, -0.25) is 19.3 Å². The number of ether oxygens (including phenoxy) is 1. The number of carbonyl (C=O) groups excluding carboxylic acids is 3. The minimum atomic E-state index is -0.837. The second-order valence-corrected chi connectivity index (χ2v) is 9.49. The Balaban J connectivity index is 1.69. The lowest BCUT2D eigenvalue weighted by Gasteiger charge is -2.43. The van der Waals surface area contributed by atoms with Crippen LogP contribution in [-0.2, 0) is 14.4 Å². The van der Waals surface area contributed by atoms with Crippen molar-refractivity contribution in [2.24, 2.45) is 11.8 Å². The second kappa shape index (κ2) is 7.81. The van der Waals surface area contributed by atoms with Crippen LogP contribution in [0.4, 0.5) is 5.69 Å². The standard InChI is InChI=1S/C25H32N2O4/c1-6-31-17-11-12-21-20(13-17)15(2)14-25(4,5)27(21)22(28)16(3)26-23(29)18-9-7-8-10-19(18)24(26)30/h11-14,16,18-19H,6-10H2,1-5H3/t16-,18-,19+/m0/s1. The largest absolute Gasteiger partial charge is 0.494 e. The van der Waals surface area contributed by atoms with Crippen LogP contribution in [0.15, 0.2) is 24.3 Å². The smallest absolute Gasteiger partial charge is 0.250 e. The molecule has 6 heteroatoms. The Hall–Kier alpha value is -2.63. The summed E-state index contributed by atoms with van der Waals surface area (Å²) in [5.41, 5.74) is 2.19. The Morgan fingerprint density at radius 3 is 2.35 bits per heavy atom. The number of fused-ring (bicyclic) bond motifs is 2. The van der Waals surface area contributed by atoms with Crippen LogP contribution in [0.3, 0.4) is 0 Å². The molecule has 3 aliphatic rings. The van der Waals surface area contributed by atoms with Crippen LogP contribution in [0.25, 0.3) is 5.57 Å². The van der Waals surface area contributed by atoms with Crippen molar-refractivity contribution in [2.45, 2.75) is 71.9 Å². The maximum absolute atomic E-state index is 13.8. The van der Waals surface area contributed by atoms with Gasteiger partial charge in [-0.1, -0.05) is 18.9 Å². The van der Waals surface area contributed by atoms with E-state index in [-0.39, 0.29) is 29.6 Å². The Morgan fingerprint density at radius 1 is 1.16 bits per heavy atom. The summed E-state index contributed by atoms with van der Waals surface area (Å²) in [6.45, 7) is 10.2. The fourth-order valence-electron chi connectivity index (χ4n) is 5.53. The van der Waals surface area contributed by atoms with Gasteiger partial charge in [0.25, 0.3) is 5.91 Å². The SMILES string of the molecule is CCOc1ccc2c(c1)C(C)=CC(C)(C)N2C(=O)[C@H](C)N1C(=O)[C@H]2CCCC[C@H]2C1=O. The first kappa shape index (κ1) is 21.6. The van der Waals surface area contributed by atoms with Crippen molar-refractivity contribution in [3.8, 4) is 5.75 Å². The first-order valence-corrected chi connectivity index (χ1v) is 11.3. The molecule has 0 spiro atoms. The number of benzene rings is 1. The number of anilines is 1. The molecule has 0 radical (unpaired) electrons. The fraction of sp³-hybridized carbons (Fsp3) is 0.560. The zero-order chi connectivity index (χ0) is 22.5. The lowest BCUT2D eigenvalue weighted by Crippen LogP contribution is -2.57. The van der Waals surface area contributed by atoms with E-state index in [0.29, 0.717) is 6.61 Å². The summed E-state index contributed by atoms with van der Waals surface area (Å²) in [6.07, 6.45) is 5.48. The predicted octanol–water partition coefficient (Wildman–Crippen LogP) is 4.18. The van der Waals surface area contributed by atoms with E-state index < -0.39 is 11.6 Å². The molecule has 1 aromatic rings. The van der Waals surface area contributed by atoms with Gasteiger partial charge in [-0.25, -0.2) is 0 Å². The number of nitrogens with zero attached hydrogens (tertiary/aromatic N) is 2. The van der Waals surface area contributed by atoms with Crippen LogP contribution in [0.5, 0.6) is 5.75 Å². The summed E-state index contributed by atoms with van der Waals surface area (Å²) in [5, 5.41) is 0. The molecule has 3 amide bonds. The zero-order valence-corrected chi connectivity index (χ0v) is 19.1. The van der Waals surface area contributed by atoms with Crippen molar-refractivity contribution in [3.63, 3.8) is 0 Å². The number of hydrogen-bond donors (Lipinski definition) is 0. The molecule has 166 valence electrons. The van der Waals surface area contributed by atoms with E-state index in [1.165, 1.54) is 4.90 Å². The van der Waals surface area contributed by atoms with E-state index >= 15 is 0 Å². The van der Waals surface area contributed by atoms with Crippen LogP contribution in [-0.4, -0.2) is 40.8 Å². The number of likely N-dealkylation sites (tertiary alicyclic amines) is 1. The highest BCUT2D eigenvalue weighted by Crippen LogP contribution is 2.43. The summed E-state index contributed by atoms with van der Waals surface area (Å²) in [5.74, 6) is -0.348. The van der Waals surface area contributed by atoms with Crippen LogP contribution in [0.1, 0.15) is 65.9 Å². The third-order valence-corrected chi connectivity index (χ3v) is 6.93. The van der Waals surface area contributed by atoms with Gasteiger partial charge < -0.3 is 9.64 Å². The Labute approximate surface area is 184 Å². The van der Waals surface area contributed by atoms with Crippen molar-refractivity contribution in [2.75, 3.05) is 11.5 Å². The predicted molar refractivity (Wildman–Crippen MR) is 120 cm³/mol. The maximum Gasteiger partial charge on any atom is 0.250 e. The Kier molecular flexibility index (Phi) is 5.44. The summed E-state index contributed by atoms with van der Waals surface area (Å²) in [6, 6.07) is 4.88. The van der Waals surface area contributed by atoms with Crippen molar-refractivity contribution in [3.05, 3.63) is 29.8 Å². The Bertz CT molecular complexity index is 940. The minimum Gasteiger partial charge on any atom is -0.494 e. The van der Waals surface area contributed by atoms with Crippen molar-refractivity contribution < 1.29 is 19.1 Å². The molecule has 0 bridgehead atoms. The first-order valence-electron chi connectivity index (χ1n) is 11.3. The summed E-state index contributed by atoms with van der Waals surface area (Å²) < 4.78 is 5.65. The molecule has 0 unspecified atom stereocenters. The van der Waals surface area contributed by atoms with Gasteiger partial charge in [-0.15, -0.1) is 0 Å². The van der Waals surface area contributed by atoms with Gasteiger partial charge in [0, 0.05) is 5.56 Å². The maximum atomic E-state index is 13.8. The molecule has 2 aliphatic heterocycles. The van der Waals surface area contributed by atoms with Crippen LogP contribution >= 0.6 is 0 Å². The van der Waals surface area contributed by atoms with Gasteiger partial charge in [0.2, 0.25) is 11.8 Å². The normalized spacial score (nSPS) is 25.6. The number of carbonyl (C=O) groups is 3. The minimum absolute atomic E-state index is 0.177.